The van der Waals surface area contributed by atoms with E-state index in [0.717, 1.165) is 23.7 Å². The van der Waals surface area contributed by atoms with Crippen LogP contribution in [0.15, 0.2) is 25.3 Å². The summed E-state index contributed by atoms with van der Waals surface area (Å²) in [5, 5.41) is 0. The summed E-state index contributed by atoms with van der Waals surface area (Å²) in [4.78, 5) is 0. The van der Waals surface area contributed by atoms with E-state index in [1.54, 1.807) is 0 Å². The molecule has 0 aromatic rings. The average molecular weight is 445 g/mol. The molecule has 184 valence electrons. The highest BCUT2D eigenvalue weighted by molar-refractivity contribution is 4.96. The van der Waals surface area contributed by atoms with Crippen molar-refractivity contribution in [3.63, 3.8) is 0 Å². The van der Waals surface area contributed by atoms with Gasteiger partial charge in [0.25, 0.3) is 0 Å². The Hall–Kier alpha value is -0.600. The standard InChI is InChI=1S/C30H52O2/c1-7-20-31-27-16-12-23(13-17-27)29(3,4)25-10-9-11-26(22-25)30(5,6)24-14-18-28(19-15-24)32-21-8-2/h7-8,23-28H,1-2,9-22H2,3-6H3. The number of hydrogen-bond donors (Lipinski definition) is 0. The van der Waals surface area contributed by atoms with E-state index in [-0.39, 0.29) is 0 Å². The lowest BCUT2D eigenvalue weighted by atomic mass is 9.54. The maximum atomic E-state index is 5.96. The van der Waals surface area contributed by atoms with Crippen LogP contribution in [0.3, 0.4) is 0 Å². The summed E-state index contributed by atoms with van der Waals surface area (Å²) < 4.78 is 11.9. The molecule has 2 unspecified atom stereocenters. The second kappa shape index (κ2) is 11.7. The zero-order valence-electron chi connectivity index (χ0n) is 21.7. The molecule has 0 amide bonds. The first kappa shape index (κ1) is 26.0. The molecule has 32 heavy (non-hydrogen) atoms. The molecule has 0 N–H and O–H groups in total. The molecule has 0 saturated heterocycles. The molecule has 3 aliphatic rings. The van der Waals surface area contributed by atoms with Gasteiger partial charge in [0.05, 0.1) is 25.4 Å². The Balaban J connectivity index is 1.54. The molecule has 3 aliphatic carbocycles. The third kappa shape index (κ3) is 6.29. The van der Waals surface area contributed by atoms with Crippen LogP contribution in [0.4, 0.5) is 0 Å². The van der Waals surface area contributed by atoms with Crippen LogP contribution in [-0.2, 0) is 9.47 Å². The molecule has 0 bridgehead atoms. The van der Waals surface area contributed by atoms with Crippen LogP contribution in [0.5, 0.6) is 0 Å². The van der Waals surface area contributed by atoms with Gasteiger partial charge in [-0.2, -0.15) is 0 Å². The Kier molecular flexibility index (Phi) is 9.51. The predicted octanol–water partition coefficient (Wildman–Crippen LogP) is 8.37. The van der Waals surface area contributed by atoms with Crippen LogP contribution in [0, 0.1) is 34.5 Å². The van der Waals surface area contributed by atoms with Crippen molar-refractivity contribution in [2.75, 3.05) is 13.2 Å². The van der Waals surface area contributed by atoms with Crippen LogP contribution < -0.4 is 0 Å². The van der Waals surface area contributed by atoms with Crippen molar-refractivity contribution in [1.29, 1.82) is 0 Å². The van der Waals surface area contributed by atoms with Crippen LogP contribution in [0.25, 0.3) is 0 Å². The SMILES string of the molecule is C=CCOC1CCC(C(C)(C)C2CCCC(C(C)(C)C3CCC(OCC=C)CC3)C2)CC1. The maximum absolute atomic E-state index is 5.96. The molecule has 2 nitrogen and oxygen atoms in total. The highest BCUT2D eigenvalue weighted by Crippen LogP contribution is 2.55. The van der Waals surface area contributed by atoms with Crippen LogP contribution in [-0.4, -0.2) is 25.4 Å². The predicted molar refractivity (Wildman–Crippen MR) is 137 cm³/mol. The second-order valence-electron chi connectivity index (χ2n) is 12.4. The zero-order valence-corrected chi connectivity index (χ0v) is 21.7. The number of hydrogen-bond acceptors (Lipinski definition) is 2. The third-order valence-corrected chi connectivity index (χ3v) is 10.1. The third-order valence-electron chi connectivity index (χ3n) is 10.1. The fraction of sp³-hybridized carbons (Fsp3) is 0.867. The van der Waals surface area contributed by atoms with Gasteiger partial charge in [-0.3, -0.25) is 0 Å². The van der Waals surface area contributed by atoms with E-state index in [1.807, 2.05) is 12.2 Å². The van der Waals surface area contributed by atoms with E-state index in [4.69, 9.17) is 9.47 Å². The van der Waals surface area contributed by atoms with Crippen molar-refractivity contribution in [2.45, 2.75) is 117 Å². The maximum Gasteiger partial charge on any atom is 0.0648 e. The van der Waals surface area contributed by atoms with E-state index in [0.29, 0.717) is 36.3 Å². The number of ether oxygens (including phenoxy) is 2. The Morgan fingerprint density at radius 1 is 0.594 bits per heavy atom. The Labute approximate surface area is 199 Å². The van der Waals surface area contributed by atoms with Gasteiger partial charge in [0, 0.05) is 0 Å². The van der Waals surface area contributed by atoms with Crippen LogP contribution >= 0.6 is 0 Å². The highest BCUT2D eigenvalue weighted by Gasteiger charge is 2.46. The van der Waals surface area contributed by atoms with Crippen molar-refractivity contribution in [2.24, 2.45) is 34.5 Å². The molecule has 0 aromatic heterocycles. The Bertz CT molecular complexity index is 526. The topological polar surface area (TPSA) is 18.5 Å². The summed E-state index contributed by atoms with van der Waals surface area (Å²) in [5.74, 6) is 3.47. The van der Waals surface area contributed by atoms with Gasteiger partial charge < -0.3 is 9.47 Å². The minimum atomic E-state index is 0.453. The summed E-state index contributed by atoms with van der Waals surface area (Å²) in [7, 11) is 0. The molecular formula is C30H52O2. The van der Waals surface area contributed by atoms with E-state index in [1.165, 1.54) is 77.0 Å². The lowest BCUT2D eigenvalue weighted by molar-refractivity contribution is -0.0397. The van der Waals surface area contributed by atoms with Gasteiger partial charge in [-0.25, -0.2) is 0 Å². The molecular weight excluding hydrogens is 392 g/mol. The monoisotopic (exact) mass is 444 g/mol. The smallest absolute Gasteiger partial charge is 0.0648 e. The first-order valence-corrected chi connectivity index (χ1v) is 13.7. The summed E-state index contributed by atoms with van der Waals surface area (Å²) in [6.07, 6.45) is 20.8. The van der Waals surface area contributed by atoms with Crippen molar-refractivity contribution in [1.82, 2.24) is 0 Å². The Morgan fingerprint density at radius 2 is 0.969 bits per heavy atom. The summed E-state index contributed by atoms with van der Waals surface area (Å²) in [6, 6.07) is 0. The average Bonchev–Trinajstić information content (AvgIpc) is 2.82. The molecule has 0 spiro atoms. The molecule has 0 aromatic carbocycles. The van der Waals surface area contributed by atoms with Crippen LogP contribution in [0.2, 0.25) is 0 Å². The molecule has 3 fully saturated rings. The highest BCUT2D eigenvalue weighted by atomic mass is 16.5. The number of rotatable bonds is 10. The molecule has 2 heteroatoms. The summed E-state index contributed by atoms with van der Waals surface area (Å²) in [6.45, 7) is 19.4. The van der Waals surface area contributed by atoms with Crippen molar-refractivity contribution in [3.05, 3.63) is 25.3 Å². The molecule has 0 heterocycles. The van der Waals surface area contributed by atoms with Gasteiger partial charge in [0.1, 0.15) is 0 Å². The fourth-order valence-electron chi connectivity index (χ4n) is 7.56. The van der Waals surface area contributed by atoms with Crippen LogP contribution in [0.1, 0.15) is 105 Å². The second-order valence-corrected chi connectivity index (χ2v) is 12.4. The van der Waals surface area contributed by atoms with Gasteiger partial charge in [0.2, 0.25) is 0 Å². The molecule has 3 rings (SSSR count). The van der Waals surface area contributed by atoms with E-state index < -0.39 is 0 Å². The molecule has 0 radical (unpaired) electrons. The van der Waals surface area contributed by atoms with E-state index in [2.05, 4.69) is 40.9 Å². The van der Waals surface area contributed by atoms with Crippen molar-refractivity contribution >= 4 is 0 Å². The lowest BCUT2D eigenvalue weighted by Crippen LogP contribution is -2.43. The van der Waals surface area contributed by atoms with Crippen molar-refractivity contribution < 1.29 is 9.47 Å². The van der Waals surface area contributed by atoms with Gasteiger partial charge in [-0.1, -0.05) is 46.3 Å². The summed E-state index contributed by atoms with van der Waals surface area (Å²) in [5.41, 5.74) is 0.905. The molecule has 2 atom stereocenters. The molecule has 0 aliphatic heterocycles. The minimum absolute atomic E-state index is 0.453. The van der Waals surface area contributed by atoms with Gasteiger partial charge in [-0.05, 0) is 105 Å². The quantitative estimate of drug-likeness (QED) is 0.315. The normalized spacial score (nSPS) is 34.8. The molecule has 3 saturated carbocycles. The minimum Gasteiger partial charge on any atom is -0.374 e. The van der Waals surface area contributed by atoms with E-state index >= 15 is 0 Å². The van der Waals surface area contributed by atoms with Crippen molar-refractivity contribution in [3.8, 4) is 0 Å². The Morgan fingerprint density at radius 3 is 1.31 bits per heavy atom. The fourth-order valence-corrected chi connectivity index (χ4v) is 7.56. The first-order chi connectivity index (χ1) is 15.3. The van der Waals surface area contributed by atoms with E-state index in [9.17, 15) is 0 Å². The largest absolute Gasteiger partial charge is 0.374 e. The van der Waals surface area contributed by atoms with Gasteiger partial charge in [0.15, 0.2) is 0 Å². The van der Waals surface area contributed by atoms with Gasteiger partial charge >= 0.3 is 0 Å². The lowest BCUT2D eigenvalue weighted by Gasteiger charge is -2.51. The van der Waals surface area contributed by atoms with Gasteiger partial charge in [-0.15, -0.1) is 13.2 Å². The zero-order chi connectivity index (χ0) is 23.2. The summed E-state index contributed by atoms with van der Waals surface area (Å²) >= 11 is 0. The first-order valence-electron chi connectivity index (χ1n) is 13.7.